The van der Waals surface area contributed by atoms with Crippen LogP contribution in [0.5, 0.6) is 5.75 Å². The Kier molecular flexibility index (Phi) is 5.02. The molecule has 8 nitrogen and oxygen atoms in total. The largest absolute Gasteiger partial charge is 0.497 e. The number of Topliss-reactive ketones (excluding diaryl/α,β-unsaturated/α-hetero) is 1. The molecule has 1 amide bonds. The number of non-ortho nitro benzene ring substituents is 1. The molecule has 9 heteroatoms. The first-order chi connectivity index (χ1) is 15.9. The predicted molar refractivity (Wildman–Crippen MR) is 124 cm³/mol. The second-order valence-electron chi connectivity index (χ2n) is 8.29. The Morgan fingerprint density at radius 3 is 2.76 bits per heavy atom. The molecular formula is C24H21N3O5S. The quantitative estimate of drug-likeness (QED) is 0.348. The minimum absolute atomic E-state index is 0.0450. The first kappa shape index (κ1) is 21.3. The number of likely N-dealkylation sites (tertiary alicyclic amines) is 1. The van der Waals surface area contributed by atoms with Crippen LogP contribution in [-0.2, 0) is 10.3 Å². The number of ether oxygens (including phenoxy) is 1. The van der Waals surface area contributed by atoms with Gasteiger partial charge in [-0.3, -0.25) is 24.6 Å². The Balaban J connectivity index is 1.74. The molecule has 33 heavy (non-hydrogen) atoms. The van der Waals surface area contributed by atoms with Gasteiger partial charge in [0, 0.05) is 35.8 Å². The number of benzene rings is 2. The topological polar surface area (TPSA) is 102 Å². The van der Waals surface area contributed by atoms with E-state index in [1.165, 1.54) is 23.5 Å². The maximum atomic E-state index is 14.0. The summed E-state index contributed by atoms with van der Waals surface area (Å²) in [6.07, 6.45) is 0. The summed E-state index contributed by atoms with van der Waals surface area (Å²) in [6, 6.07) is 15.2. The van der Waals surface area contributed by atoms with Gasteiger partial charge in [0.2, 0.25) is 5.91 Å². The van der Waals surface area contributed by atoms with Crippen LogP contribution < -0.4 is 10.1 Å². The van der Waals surface area contributed by atoms with Gasteiger partial charge in [-0.2, -0.15) is 0 Å². The van der Waals surface area contributed by atoms with E-state index >= 15 is 0 Å². The molecule has 1 saturated heterocycles. The highest BCUT2D eigenvalue weighted by atomic mass is 32.1. The molecule has 1 spiro atoms. The van der Waals surface area contributed by atoms with E-state index in [0.717, 1.165) is 0 Å². The van der Waals surface area contributed by atoms with E-state index < -0.39 is 22.3 Å². The lowest BCUT2D eigenvalue weighted by Gasteiger charge is -2.35. The van der Waals surface area contributed by atoms with E-state index in [0.29, 0.717) is 34.0 Å². The second kappa shape index (κ2) is 7.79. The lowest BCUT2D eigenvalue weighted by atomic mass is 9.71. The number of nitro benzene ring substituents is 1. The fourth-order valence-corrected chi connectivity index (χ4v) is 5.99. The van der Waals surface area contributed by atoms with E-state index in [-0.39, 0.29) is 17.4 Å². The molecule has 168 valence electrons. The molecule has 1 N–H and O–H groups in total. The molecule has 1 aromatic heterocycles. The Hall–Kier alpha value is -3.56. The highest BCUT2D eigenvalue weighted by Crippen LogP contribution is 2.56. The summed E-state index contributed by atoms with van der Waals surface area (Å²) in [7, 11) is 3.37. The van der Waals surface area contributed by atoms with Crippen LogP contribution in [0.1, 0.15) is 26.7 Å². The predicted octanol–water partition coefficient (Wildman–Crippen LogP) is 4.04. The van der Waals surface area contributed by atoms with Gasteiger partial charge in [-0.15, -0.1) is 11.3 Å². The number of nitro groups is 1. The summed E-state index contributed by atoms with van der Waals surface area (Å²) in [5.41, 5.74) is 0.664. The highest BCUT2D eigenvalue weighted by molar-refractivity contribution is 7.12. The van der Waals surface area contributed by atoms with Crippen LogP contribution in [0.4, 0.5) is 11.4 Å². The van der Waals surface area contributed by atoms with Gasteiger partial charge in [0.15, 0.2) is 5.78 Å². The molecule has 3 atom stereocenters. The smallest absolute Gasteiger partial charge is 0.269 e. The zero-order valence-electron chi connectivity index (χ0n) is 18.0. The van der Waals surface area contributed by atoms with Crippen molar-refractivity contribution < 1.29 is 19.2 Å². The van der Waals surface area contributed by atoms with E-state index in [9.17, 15) is 19.7 Å². The Labute approximate surface area is 193 Å². The summed E-state index contributed by atoms with van der Waals surface area (Å²) in [5.74, 6) is -1.06. The normalized spacial score (nSPS) is 24.0. The summed E-state index contributed by atoms with van der Waals surface area (Å²) < 4.78 is 5.42. The van der Waals surface area contributed by atoms with Crippen LogP contribution >= 0.6 is 11.3 Å². The lowest BCUT2D eigenvalue weighted by molar-refractivity contribution is -0.384. The number of anilines is 1. The molecule has 2 aromatic carbocycles. The van der Waals surface area contributed by atoms with Crippen LogP contribution in [0, 0.1) is 16.0 Å². The standard InChI is InChI=1S/C24H21N3O5S/c1-26-13-17(14-5-3-6-15(11-14)27(30)31)21(22(28)20-7-4-10-33-20)24(26)18-12-16(32-2)8-9-19(18)25-23(24)29/h3-12,17,21H,13H2,1-2H3,(H,25,29)/t17-,21+,24+/m1/s1. The average molecular weight is 464 g/mol. The molecule has 0 radical (unpaired) electrons. The number of ketones is 1. The van der Waals surface area contributed by atoms with Crippen LogP contribution in [0.25, 0.3) is 0 Å². The van der Waals surface area contributed by atoms with Crippen LogP contribution in [0.2, 0.25) is 0 Å². The van der Waals surface area contributed by atoms with Crippen molar-refractivity contribution in [3.63, 3.8) is 0 Å². The molecule has 0 aliphatic carbocycles. The fraction of sp³-hybridized carbons (Fsp3) is 0.250. The third-order valence-electron chi connectivity index (χ3n) is 6.71. The SMILES string of the molecule is COc1ccc2c(c1)[C@@]1(C(=O)N2)[C@H](C(=O)c2cccs2)[C@@H](c2cccc([N+](=O)[O-])c2)CN1C. The third-order valence-corrected chi connectivity index (χ3v) is 7.60. The number of methoxy groups -OCH3 is 1. The summed E-state index contributed by atoms with van der Waals surface area (Å²) in [6.45, 7) is 0.382. The number of thiophene rings is 1. The Morgan fingerprint density at radius 2 is 2.06 bits per heavy atom. The Bertz CT molecular complexity index is 1270. The average Bonchev–Trinajstić information content (AvgIpc) is 3.52. The number of carbonyl (C=O) groups excluding carboxylic acids is 2. The van der Waals surface area contributed by atoms with Crippen LogP contribution in [-0.4, -0.2) is 42.2 Å². The van der Waals surface area contributed by atoms with Gasteiger partial charge in [0.1, 0.15) is 11.3 Å². The fourth-order valence-electron chi connectivity index (χ4n) is 5.29. The molecule has 2 aliphatic rings. The first-order valence-electron chi connectivity index (χ1n) is 10.4. The molecule has 2 aliphatic heterocycles. The van der Waals surface area contributed by atoms with Crippen LogP contribution in [0.15, 0.2) is 60.0 Å². The number of nitrogens with one attached hydrogen (secondary N) is 1. The zero-order valence-corrected chi connectivity index (χ0v) is 18.8. The maximum Gasteiger partial charge on any atom is 0.269 e. The van der Waals surface area contributed by atoms with Crippen molar-refractivity contribution >= 4 is 34.4 Å². The molecule has 0 saturated carbocycles. The number of fused-ring (bicyclic) bond motifs is 2. The zero-order chi connectivity index (χ0) is 23.3. The molecule has 0 bridgehead atoms. The number of rotatable bonds is 5. The van der Waals surface area contributed by atoms with Gasteiger partial charge >= 0.3 is 0 Å². The van der Waals surface area contributed by atoms with Crippen molar-refractivity contribution in [2.45, 2.75) is 11.5 Å². The summed E-state index contributed by atoms with van der Waals surface area (Å²) >= 11 is 1.32. The molecule has 3 aromatic rings. The van der Waals surface area contributed by atoms with E-state index in [1.807, 2.05) is 17.3 Å². The number of carbonyl (C=O) groups is 2. The molecule has 5 rings (SSSR count). The minimum Gasteiger partial charge on any atom is -0.497 e. The van der Waals surface area contributed by atoms with Gasteiger partial charge in [-0.1, -0.05) is 18.2 Å². The van der Waals surface area contributed by atoms with Crippen molar-refractivity contribution in [2.24, 2.45) is 5.92 Å². The van der Waals surface area contributed by atoms with Gasteiger partial charge in [0.05, 0.1) is 22.8 Å². The van der Waals surface area contributed by atoms with E-state index in [2.05, 4.69) is 5.32 Å². The highest BCUT2D eigenvalue weighted by Gasteiger charge is 2.64. The van der Waals surface area contributed by atoms with Crippen LogP contribution in [0.3, 0.4) is 0 Å². The summed E-state index contributed by atoms with van der Waals surface area (Å²) in [5, 5.41) is 16.2. The van der Waals surface area contributed by atoms with Gasteiger partial charge < -0.3 is 10.1 Å². The van der Waals surface area contributed by atoms with Gasteiger partial charge in [-0.25, -0.2) is 0 Å². The number of hydrogen-bond acceptors (Lipinski definition) is 7. The van der Waals surface area contributed by atoms with Crippen molar-refractivity contribution in [3.8, 4) is 5.75 Å². The van der Waals surface area contributed by atoms with Gasteiger partial charge in [-0.05, 0) is 42.3 Å². The Morgan fingerprint density at radius 1 is 1.24 bits per heavy atom. The van der Waals surface area contributed by atoms with Crippen molar-refractivity contribution in [2.75, 3.05) is 26.0 Å². The maximum absolute atomic E-state index is 14.0. The molecular weight excluding hydrogens is 442 g/mol. The van der Waals surface area contributed by atoms with Crippen molar-refractivity contribution in [3.05, 3.63) is 86.1 Å². The monoisotopic (exact) mass is 463 g/mol. The molecule has 1 fully saturated rings. The minimum atomic E-state index is -1.26. The first-order valence-corrected chi connectivity index (χ1v) is 11.3. The van der Waals surface area contributed by atoms with Gasteiger partial charge in [0.25, 0.3) is 5.69 Å². The molecule has 0 unspecified atom stereocenters. The molecule has 3 heterocycles. The lowest BCUT2D eigenvalue weighted by Crippen LogP contribution is -2.51. The second-order valence-corrected chi connectivity index (χ2v) is 9.24. The van der Waals surface area contributed by atoms with E-state index in [1.54, 1.807) is 49.6 Å². The van der Waals surface area contributed by atoms with E-state index in [4.69, 9.17) is 4.74 Å². The third kappa shape index (κ3) is 3.07. The number of likely N-dealkylation sites (N-methyl/N-ethyl adjacent to an activating group) is 1. The number of hydrogen-bond donors (Lipinski definition) is 1. The number of nitrogens with zero attached hydrogens (tertiary/aromatic N) is 2. The number of amides is 1. The van der Waals surface area contributed by atoms with Crippen molar-refractivity contribution in [1.82, 2.24) is 4.90 Å². The summed E-state index contributed by atoms with van der Waals surface area (Å²) in [4.78, 5) is 41.0. The van der Waals surface area contributed by atoms with Crippen molar-refractivity contribution in [1.29, 1.82) is 0 Å².